The minimum absolute atomic E-state index is 0.0131. The maximum atomic E-state index is 13.3. The van der Waals surface area contributed by atoms with Crippen molar-refractivity contribution in [3.8, 4) is 5.88 Å². The summed E-state index contributed by atoms with van der Waals surface area (Å²) in [6, 6.07) is 3.51. The van der Waals surface area contributed by atoms with Crippen molar-refractivity contribution in [3.05, 3.63) is 65.4 Å². The van der Waals surface area contributed by atoms with Crippen LogP contribution in [0.25, 0.3) is 17.0 Å². The van der Waals surface area contributed by atoms with Crippen molar-refractivity contribution in [3.63, 3.8) is 0 Å². The number of amidine groups is 1. The number of aliphatic hydroxyl groups excluding tert-OH is 2. The summed E-state index contributed by atoms with van der Waals surface area (Å²) in [7, 11) is 0. The topological polar surface area (TPSA) is 169 Å². The zero-order valence-corrected chi connectivity index (χ0v) is 18.4. The lowest BCUT2D eigenvalue weighted by atomic mass is 10.1. The second kappa shape index (κ2) is 8.67. The molecule has 1 aliphatic rings. The van der Waals surface area contributed by atoms with Crippen LogP contribution in [0.1, 0.15) is 27.2 Å². The van der Waals surface area contributed by atoms with E-state index in [-0.39, 0.29) is 17.3 Å². The molecule has 0 aliphatic heterocycles. The van der Waals surface area contributed by atoms with Gasteiger partial charge < -0.3 is 26.0 Å². The van der Waals surface area contributed by atoms with Crippen LogP contribution in [-0.2, 0) is 6.42 Å². The molecule has 1 aliphatic carbocycles. The van der Waals surface area contributed by atoms with Crippen LogP contribution in [0.2, 0.25) is 0 Å². The van der Waals surface area contributed by atoms with E-state index in [4.69, 9.17) is 10.5 Å². The van der Waals surface area contributed by atoms with E-state index in [0.29, 0.717) is 21.8 Å². The lowest BCUT2D eigenvalue weighted by Gasteiger charge is -2.13. The smallest absolute Gasteiger partial charge is 0.264 e. The fourth-order valence-electron chi connectivity index (χ4n) is 3.77. The summed E-state index contributed by atoms with van der Waals surface area (Å²) in [5.41, 5.74) is 3.49. The predicted octanol–water partition coefficient (Wildman–Crippen LogP) is 1.82. The SMILES string of the molecule is N=C(NC(O)CO)c1c(O)nsc1Nc1cncc(C(=O)n2ccc3c4c(ncc32)C=CC4)c1. The van der Waals surface area contributed by atoms with E-state index >= 15 is 0 Å². The van der Waals surface area contributed by atoms with Crippen LogP contribution in [0.3, 0.4) is 0 Å². The molecule has 11 nitrogen and oxygen atoms in total. The first-order valence-electron chi connectivity index (χ1n) is 10.2. The quantitative estimate of drug-likeness (QED) is 0.138. The van der Waals surface area contributed by atoms with Crippen molar-refractivity contribution in [2.75, 3.05) is 11.9 Å². The highest BCUT2D eigenvalue weighted by Gasteiger charge is 2.21. The monoisotopic (exact) mass is 477 g/mol. The van der Waals surface area contributed by atoms with Gasteiger partial charge in [-0.2, -0.15) is 4.37 Å². The number of aromatic hydroxyl groups is 1. The number of aromatic nitrogens is 4. The zero-order chi connectivity index (χ0) is 23.8. The van der Waals surface area contributed by atoms with Gasteiger partial charge in [-0.15, -0.1) is 0 Å². The molecule has 5 rings (SSSR count). The molecular weight excluding hydrogens is 458 g/mol. The Morgan fingerprint density at radius 2 is 2.18 bits per heavy atom. The van der Waals surface area contributed by atoms with Crippen LogP contribution in [0.4, 0.5) is 10.7 Å². The van der Waals surface area contributed by atoms with Gasteiger partial charge in [0.15, 0.2) is 0 Å². The van der Waals surface area contributed by atoms with Crippen molar-refractivity contribution in [1.29, 1.82) is 5.41 Å². The molecule has 4 heterocycles. The third kappa shape index (κ3) is 3.79. The van der Waals surface area contributed by atoms with Crippen LogP contribution in [0.5, 0.6) is 5.88 Å². The van der Waals surface area contributed by atoms with E-state index in [1.54, 1.807) is 18.5 Å². The number of aliphatic hydroxyl groups is 2. The van der Waals surface area contributed by atoms with Gasteiger partial charge in [-0.3, -0.25) is 24.7 Å². The number of hydrogen-bond acceptors (Lipinski definition) is 10. The highest BCUT2D eigenvalue weighted by atomic mass is 32.1. The number of anilines is 2. The summed E-state index contributed by atoms with van der Waals surface area (Å²) in [6.45, 7) is -0.611. The second-order valence-corrected chi connectivity index (χ2v) is 8.31. The van der Waals surface area contributed by atoms with Gasteiger partial charge in [-0.05, 0) is 41.7 Å². The first-order chi connectivity index (χ1) is 16.5. The maximum absolute atomic E-state index is 13.3. The molecule has 6 N–H and O–H groups in total. The van der Waals surface area contributed by atoms with E-state index in [1.165, 1.54) is 17.0 Å². The van der Waals surface area contributed by atoms with Crippen molar-refractivity contribution < 1.29 is 20.1 Å². The Morgan fingerprint density at radius 3 is 3.00 bits per heavy atom. The van der Waals surface area contributed by atoms with Crippen LogP contribution < -0.4 is 10.6 Å². The van der Waals surface area contributed by atoms with E-state index in [9.17, 15) is 15.0 Å². The Morgan fingerprint density at radius 1 is 1.32 bits per heavy atom. The zero-order valence-electron chi connectivity index (χ0n) is 17.6. The number of fused-ring (bicyclic) bond motifs is 3. The van der Waals surface area contributed by atoms with Gasteiger partial charge >= 0.3 is 0 Å². The molecule has 34 heavy (non-hydrogen) atoms. The molecule has 0 saturated carbocycles. The van der Waals surface area contributed by atoms with E-state index in [0.717, 1.165) is 34.6 Å². The van der Waals surface area contributed by atoms with Gasteiger partial charge in [0, 0.05) is 17.8 Å². The summed E-state index contributed by atoms with van der Waals surface area (Å²) < 4.78 is 5.36. The Kier molecular flexibility index (Phi) is 5.53. The van der Waals surface area contributed by atoms with Gasteiger partial charge in [0.2, 0.25) is 5.88 Å². The summed E-state index contributed by atoms with van der Waals surface area (Å²) in [4.78, 5) is 21.9. The van der Waals surface area contributed by atoms with Crippen LogP contribution in [0, 0.1) is 5.41 Å². The number of nitrogens with zero attached hydrogens (tertiary/aromatic N) is 4. The van der Waals surface area contributed by atoms with Gasteiger partial charge in [0.05, 0.1) is 41.5 Å². The highest BCUT2D eigenvalue weighted by Crippen LogP contribution is 2.32. The number of hydrogen-bond donors (Lipinski definition) is 6. The van der Waals surface area contributed by atoms with E-state index < -0.39 is 18.7 Å². The molecular formula is C22H19N7O4S. The van der Waals surface area contributed by atoms with Crippen molar-refractivity contribution >= 4 is 50.9 Å². The molecule has 0 radical (unpaired) electrons. The fraction of sp³-hybridized carbons (Fsp3) is 0.136. The molecule has 1 atom stereocenters. The lowest BCUT2D eigenvalue weighted by Crippen LogP contribution is -2.37. The van der Waals surface area contributed by atoms with Gasteiger partial charge in [-0.1, -0.05) is 6.08 Å². The van der Waals surface area contributed by atoms with Crippen LogP contribution in [-0.4, -0.2) is 58.8 Å². The highest BCUT2D eigenvalue weighted by molar-refractivity contribution is 7.11. The number of nitrogens with one attached hydrogen (secondary N) is 3. The molecule has 0 saturated heterocycles. The van der Waals surface area contributed by atoms with Crippen LogP contribution >= 0.6 is 11.5 Å². The first-order valence-corrected chi connectivity index (χ1v) is 11.0. The third-order valence-electron chi connectivity index (χ3n) is 5.35. The minimum atomic E-state index is -1.37. The maximum Gasteiger partial charge on any atom is 0.264 e. The molecule has 4 aromatic rings. The summed E-state index contributed by atoms with van der Waals surface area (Å²) in [5.74, 6) is -1.03. The Bertz CT molecular complexity index is 1460. The number of carbonyl (C=O) groups excluding carboxylic acids is 1. The molecule has 172 valence electrons. The van der Waals surface area contributed by atoms with Crippen molar-refractivity contribution in [1.82, 2.24) is 24.2 Å². The molecule has 1 unspecified atom stereocenters. The molecule has 0 spiro atoms. The average Bonchev–Trinajstić information content (AvgIpc) is 3.56. The number of allylic oxidation sites excluding steroid dienone is 1. The summed E-state index contributed by atoms with van der Waals surface area (Å²) in [5, 5.41) is 43.3. The summed E-state index contributed by atoms with van der Waals surface area (Å²) in [6.07, 6.45) is 9.76. The Hall–Kier alpha value is -4.13. The molecule has 0 amide bonds. The van der Waals surface area contributed by atoms with Crippen LogP contribution in [0.15, 0.2) is 43.0 Å². The first kappa shape index (κ1) is 21.7. The molecule has 0 bridgehead atoms. The standard InChI is InChI=1S/C22H19N7O4S/c23-19(27-17(31)10-30)18-20(32)28-34-21(18)26-12-6-11(7-24-8-12)22(33)29-5-4-14-13-2-1-3-15(13)25-9-16(14)29/h1,3-9,17,26,30-31H,2,10H2,(H2,23,27)(H,28,32). The lowest BCUT2D eigenvalue weighted by molar-refractivity contribution is 0.0840. The number of rotatable bonds is 6. The van der Waals surface area contributed by atoms with Crippen molar-refractivity contribution in [2.45, 2.75) is 12.6 Å². The van der Waals surface area contributed by atoms with E-state index in [2.05, 4.69) is 25.0 Å². The summed E-state index contributed by atoms with van der Waals surface area (Å²) >= 11 is 0.891. The minimum Gasteiger partial charge on any atom is -0.492 e. The largest absolute Gasteiger partial charge is 0.492 e. The normalized spacial score (nSPS) is 13.1. The fourth-order valence-corrected chi connectivity index (χ4v) is 4.49. The average molecular weight is 478 g/mol. The van der Waals surface area contributed by atoms with Gasteiger partial charge in [0.1, 0.15) is 22.6 Å². The van der Waals surface area contributed by atoms with E-state index in [1.807, 2.05) is 18.2 Å². The molecule has 12 heteroatoms. The molecule has 0 fully saturated rings. The van der Waals surface area contributed by atoms with Crippen molar-refractivity contribution in [2.24, 2.45) is 0 Å². The van der Waals surface area contributed by atoms with Gasteiger partial charge in [-0.25, -0.2) is 0 Å². The predicted molar refractivity (Wildman–Crippen MR) is 127 cm³/mol. The Labute approximate surface area is 196 Å². The molecule has 0 aromatic carbocycles. The number of carbonyl (C=O) groups is 1. The van der Waals surface area contributed by atoms with Gasteiger partial charge in [0.25, 0.3) is 5.91 Å². The Balaban J connectivity index is 1.42. The number of pyridine rings is 2. The third-order valence-corrected chi connectivity index (χ3v) is 6.11. The second-order valence-electron chi connectivity index (χ2n) is 7.53. The molecule has 4 aromatic heterocycles.